The Morgan fingerprint density at radius 2 is 1.76 bits per heavy atom. The van der Waals surface area contributed by atoms with Gasteiger partial charge in [0.15, 0.2) is 0 Å². The maximum absolute atomic E-state index is 13.9. The molecule has 1 spiro atoms. The van der Waals surface area contributed by atoms with Crippen molar-refractivity contribution in [1.82, 2.24) is 10.1 Å². The molecule has 8 heteroatoms. The Balaban J connectivity index is 1.14. The van der Waals surface area contributed by atoms with Crippen LogP contribution in [0.4, 0.5) is 10.1 Å². The van der Waals surface area contributed by atoms with Crippen LogP contribution in [0.3, 0.4) is 0 Å². The van der Waals surface area contributed by atoms with Crippen LogP contribution in [-0.2, 0) is 0 Å². The van der Waals surface area contributed by atoms with Crippen LogP contribution >= 0.6 is 23.2 Å². The Morgan fingerprint density at radius 3 is 2.41 bits per heavy atom. The molecule has 0 amide bonds. The van der Waals surface area contributed by atoms with Crippen molar-refractivity contribution in [1.29, 1.82) is 0 Å². The van der Waals surface area contributed by atoms with E-state index in [1.807, 2.05) is 13.0 Å². The van der Waals surface area contributed by atoms with Gasteiger partial charge in [-0.25, -0.2) is 4.39 Å². The lowest BCUT2D eigenvalue weighted by Gasteiger charge is -2.47. The van der Waals surface area contributed by atoms with E-state index in [4.69, 9.17) is 37.4 Å². The van der Waals surface area contributed by atoms with Crippen molar-refractivity contribution >= 4 is 45.4 Å². The number of pyridine rings is 1. The van der Waals surface area contributed by atoms with Crippen molar-refractivity contribution in [2.24, 2.45) is 5.41 Å². The van der Waals surface area contributed by atoms with Gasteiger partial charge < -0.3 is 14.2 Å². The number of ether oxygens (including phenoxy) is 1. The maximum Gasteiger partial charge on any atom is 0.147 e. The molecule has 212 valence electrons. The fourth-order valence-corrected chi connectivity index (χ4v) is 7.08. The number of hydrogen-bond acceptors (Lipinski definition) is 5. The van der Waals surface area contributed by atoms with Crippen LogP contribution in [0, 0.1) is 18.2 Å². The van der Waals surface area contributed by atoms with Crippen LogP contribution in [0.1, 0.15) is 68.9 Å². The van der Waals surface area contributed by atoms with Gasteiger partial charge in [0.2, 0.25) is 0 Å². The molecule has 4 aromatic rings. The van der Waals surface area contributed by atoms with Gasteiger partial charge in [0.1, 0.15) is 23.0 Å². The van der Waals surface area contributed by atoms with Crippen molar-refractivity contribution in [2.75, 3.05) is 18.0 Å². The summed E-state index contributed by atoms with van der Waals surface area (Å²) in [5.74, 6) is 1.71. The lowest BCUT2D eigenvalue weighted by Crippen LogP contribution is -2.42. The minimum atomic E-state index is -0.466. The predicted molar refractivity (Wildman–Crippen MR) is 163 cm³/mol. The molecule has 2 aromatic carbocycles. The third-order valence-corrected chi connectivity index (χ3v) is 9.22. The zero-order chi connectivity index (χ0) is 28.5. The average molecular weight is 593 g/mol. The molecule has 2 fully saturated rings. The van der Waals surface area contributed by atoms with E-state index in [-0.39, 0.29) is 21.6 Å². The first-order chi connectivity index (χ1) is 19.7. The van der Waals surface area contributed by atoms with Crippen molar-refractivity contribution in [3.8, 4) is 17.0 Å². The highest BCUT2D eigenvalue weighted by molar-refractivity contribution is 6.39. The summed E-state index contributed by atoms with van der Waals surface area (Å²) in [5, 5.41) is 5.96. The number of anilines is 1. The van der Waals surface area contributed by atoms with E-state index in [9.17, 15) is 4.39 Å². The molecule has 2 aromatic heterocycles. The zero-order valence-electron chi connectivity index (χ0n) is 23.4. The Labute approximate surface area is 249 Å². The lowest BCUT2D eigenvalue weighted by atomic mass is 9.63. The van der Waals surface area contributed by atoms with Gasteiger partial charge >= 0.3 is 0 Å². The molecule has 0 atom stereocenters. The summed E-state index contributed by atoms with van der Waals surface area (Å²) in [5.41, 5.74) is 6.67. The molecule has 0 radical (unpaired) electrons. The van der Waals surface area contributed by atoms with Gasteiger partial charge in [-0.05, 0) is 94.2 Å². The summed E-state index contributed by atoms with van der Waals surface area (Å²) in [7, 11) is 0. The Morgan fingerprint density at radius 1 is 1.05 bits per heavy atom. The van der Waals surface area contributed by atoms with E-state index in [0.717, 1.165) is 78.9 Å². The summed E-state index contributed by atoms with van der Waals surface area (Å²) in [6, 6.07) is 11.1. The third-order valence-electron chi connectivity index (χ3n) is 8.62. The molecule has 0 N–H and O–H groups in total. The minimum absolute atomic E-state index is 0.0968. The first-order valence-electron chi connectivity index (χ1n) is 14.4. The normalized spacial score (nSPS) is 18.2. The molecule has 1 aliphatic heterocycles. The molecule has 5 nitrogen and oxygen atoms in total. The van der Waals surface area contributed by atoms with Gasteiger partial charge in [0.25, 0.3) is 0 Å². The van der Waals surface area contributed by atoms with Crippen molar-refractivity contribution in [3.63, 3.8) is 0 Å². The van der Waals surface area contributed by atoms with Crippen LogP contribution in [0.5, 0.6) is 5.75 Å². The van der Waals surface area contributed by atoms with Crippen LogP contribution in [0.25, 0.3) is 27.7 Å². The number of aryl methyl sites for hydroxylation is 1. The number of piperidine rings is 1. The number of fused-ring (bicyclic) bond motifs is 1. The Bertz CT molecular complexity index is 1680. The monoisotopic (exact) mass is 591 g/mol. The minimum Gasteiger partial charge on any atom is -0.490 e. The highest BCUT2D eigenvalue weighted by atomic mass is 35.5. The maximum atomic E-state index is 13.9. The molecule has 2 aliphatic carbocycles. The number of nitrogens with zero attached hydrogens (tertiary/aromatic N) is 3. The fraction of sp³-hybridized carbons (Fsp3) is 0.394. The molecule has 41 heavy (non-hydrogen) atoms. The van der Waals surface area contributed by atoms with Gasteiger partial charge in [-0.1, -0.05) is 34.4 Å². The SMILES string of the molecule is Cc1cc(OC(C)C)c2cc(N3CCC4(C=C(c5c(-c6c(Cl)cc(F)cc6Cl)noc5C5CC5)C4)CC3)ccc2n1. The van der Waals surface area contributed by atoms with Gasteiger partial charge in [-0.15, -0.1) is 0 Å². The van der Waals surface area contributed by atoms with Gasteiger partial charge in [-0.2, -0.15) is 0 Å². The largest absolute Gasteiger partial charge is 0.490 e. The topological polar surface area (TPSA) is 51.4 Å². The summed E-state index contributed by atoms with van der Waals surface area (Å²) in [6.07, 6.45) is 7.77. The second-order valence-corrected chi connectivity index (χ2v) is 12.9. The molecule has 3 heterocycles. The second kappa shape index (κ2) is 10.0. The first-order valence-corrected chi connectivity index (χ1v) is 15.1. The van der Waals surface area contributed by atoms with Crippen LogP contribution in [-0.4, -0.2) is 29.3 Å². The highest BCUT2D eigenvalue weighted by Crippen LogP contribution is 2.56. The second-order valence-electron chi connectivity index (χ2n) is 12.1. The molecular weight excluding hydrogens is 560 g/mol. The Hall–Kier alpha value is -3.09. The number of allylic oxidation sites excluding steroid dienone is 2. The van der Waals surface area contributed by atoms with Crippen molar-refractivity contribution in [2.45, 2.75) is 64.9 Å². The van der Waals surface area contributed by atoms with Gasteiger partial charge in [0.05, 0.1) is 21.7 Å². The van der Waals surface area contributed by atoms with E-state index >= 15 is 0 Å². The standard InChI is InChI=1S/C33H32Cl2FN3O2/c1-18(2)40-28-12-19(3)37-27-7-6-23(15-24(27)28)39-10-8-33(9-11-39)16-21(17-33)29-31(38-41-32(29)20-4-5-20)30-25(34)13-22(36)14-26(30)35/h6-7,12-16,18,20H,4-5,8-11,17H2,1-3H3. The summed E-state index contributed by atoms with van der Waals surface area (Å²) >= 11 is 12.9. The fourth-order valence-electron chi connectivity index (χ4n) is 6.44. The lowest BCUT2D eigenvalue weighted by molar-refractivity contribution is 0.245. The van der Waals surface area contributed by atoms with Crippen molar-refractivity contribution < 1.29 is 13.7 Å². The smallest absolute Gasteiger partial charge is 0.147 e. The van der Waals surface area contributed by atoms with Crippen molar-refractivity contribution in [3.05, 3.63) is 75.4 Å². The molecule has 1 saturated heterocycles. The number of halogens is 3. The molecule has 3 aliphatic rings. The quantitative estimate of drug-likeness (QED) is 0.223. The van der Waals surface area contributed by atoms with E-state index < -0.39 is 5.82 Å². The number of aromatic nitrogens is 2. The summed E-state index contributed by atoms with van der Waals surface area (Å²) < 4.78 is 25.9. The summed E-state index contributed by atoms with van der Waals surface area (Å²) in [6.45, 7) is 8.04. The molecule has 0 unspecified atom stereocenters. The molecule has 1 saturated carbocycles. The van der Waals surface area contributed by atoms with Gasteiger partial charge in [-0.3, -0.25) is 4.98 Å². The molecule has 0 bridgehead atoms. The predicted octanol–water partition coefficient (Wildman–Crippen LogP) is 9.38. The van der Waals surface area contributed by atoms with E-state index in [1.165, 1.54) is 23.4 Å². The number of rotatable bonds is 6. The molecule has 7 rings (SSSR count). The third kappa shape index (κ3) is 4.89. The van der Waals surface area contributed by atoms with E-state index in [2.05, 4.69) is 48.2 Å². The Kier molecular flexibility index (Phi) is 6.55. The summed E-state index contributed by atoms with van der Waals surface area (Å²) in [4.78, 5) is 7.19. The number of benzene rings is 2. The first kappa shape index (κ1) is 26.8. The van der Waals surface area contributed by atoms with Crippen LogP contribution in [0.15, 0.2) is 47.0 Å². The molecular formula is C33H32Cl2FN3O2. The zero-order valence-corrected chi connectivity index (χ0v) is 24.9. The van der Waals surface area contributed by atoms with E-state index in [1.54, 1.807) is 0 Å². The van der Waals surface area contributed by atoms with Crippen LogP contribution in [0.2, 0.25) is 10.0 Å². The van der Waals surface area contributed by atoms with E-state index in [0.29, 0.717) is 17.2 Å². The average Bonchev–Trinajstić information content (AvgIpc) is 3.66. The highest BCUT2D eigenvalue weighted by Gasteiger charge is 2.44. The van der Waals surface area contributed by atoms with Crippen LogP contribution < -0.4 is 9.64 Å². The van der Waals surface area contributed by atoms with Gasteiger partial charge in [0, 0.05) is 53.0 Å². The number of hydrogen-bond donors (Lipinski definition) is 0.